The van der Waals surface area contributed by atoms with E-state index in [0.717, 1.165) is 22.3 Å². The van der Waals surface area contributed by atoms with Crippen LogP contribution in [0.1, 0.15) is 24.0 Å². The lowest BCUT2D eigenvalue weighted by atomic mass is 9.99. The van der Waals surface area contributed by atoms with Crippen LogP contribution in [0.15, 0.2) is 46.3 Å². The second-order valence-electron chi connectivity index (χ2n) is 7.95. The first-order valence-electron chi connectivity index (χ1n) is 10.1. The zero-order valence-corrected chi connectivity index (χ0v) is 19.3. The van der Waals surface area contributed by atoms with Crippen molar-refractivity contribution < 1.29 is 17.6 Å². The fraction of sp³-hybridized carbons (Fsp3) is 0.364. The Balaban J connectivity index is 1.60. The topological polar surface area (TPSA) is 71.7 Å². The van der Waals surface area contributed by atoms with E-state index < -0.39 is 21.8 Å². The van der Waals surface area contributed by atoms with Crippen molar-refractivity contribution in [1.29, 1.82) is 0 Å². The molecule has 0 bridgehead atoms. The van der Waals surface area contributed by atoms with Crippen LogP contribution in [0.4, 0.5) is 4.39 Å². The molecule has 0 spiro atoms. The fourth-order valence-electron chi connectivity index (χ4n) is 3.79. The van der Waals surface area contributed by atoms with Crippen LogP contribution in [0.5, 0.6) is 0 Å². The van der Waals surface area contributed by atoms with Gasteiger partial charge in [-0.25, -0.2) is 12.8 Å². The highest BCUT2D eigenvalue weighted by Gasteiger charge is 2.33. The van der Waals surface area contributed by atoms with Crippen molar-refractivity contribution in [3.8, 4) is 0 Å². The first-order chi connectivity index (χ1) is 14.7. The highest BCUT2D eigenvalue weighted by atomic mass is 32.2. The molecule has 1 amide bonds. The molecule has 0 aliphatic carbocycles. The molecule has 1 fully saturated rings. The molecule has 2 aromatic carbocycles. The minimum absolute atomic E-state index is 0.0283. The van der Waals surface area contributed by atoms with Gasteiger partial charge in [-0.05, 0) is 74.2 Å². The van der Waals surface area contributed by atoms with Crippen molar-refractivity contribution in [1.82, 2.24) is 8.87 Å². The van der Waals surface area contributed by atoms with E-state index in [9.17, 15) is 17.6 Å². The minimum atomic E-state index is -3.79. The normalized spacial score (nSPS) is 18.6. The maximum atomic E-state index is 13.2. The summed E-state index contributed by atoms with van der Waals surface area (Å²) in [7, 11) is -1.91. The van der Waals surface area contributed by atoms with E-state index in [1.54, 1.807) is 0 Å². The third-order valence-electron chi connectivity index (χ3n) is 5.82. The van der Waals surface area contributed by atoms with E-state index in [-0.39, 0.29) is 17.3 Å². The molecular weight excluding hydrogens is 437 g/mol. The number of rotatable bonds is 3. The van der Waals surface area contributed by atoms with Gasteiger partial charge in [0.1, 0.15) is 5.82 Å². The van der Waals surface area contributed by atoms with Crippen molar-refractivity contribution in [3.05, 3.63) is 58.1 Å². The quantitative estimate of drug-likeness (QED) is 0.599. The smallest absolute Gasteiger partial charge is 0.252 e. The number of carbonyl (C=O) groups excluding carboxylic acids is 1. The first-order valence-corrected chi connectivity index (χ1v) is 12.3. The number of fused-ring (bicyclic) bond motifs is 1. The van der Waals surface area contributed by atoms with Gasteiger partial charge < -0.3 is 4.57 Å². The Kier molecular flexibility index (Phi) is 5.85. The SMILES string of the molecule is Cc1cc2sc(=NC(=O)C3CCCN(S(=O)(=O)c4ccc(F)cc4)C3)n(C)c2cc1C. The van der Waals surface area contributed by atoms with Gasteiger partial charge in [0, 0.05) is 20.1 Å². The van der Waals surface area contributed by atoms with Gasteiger partial charge in [0.15, 0.2) is 4.80 Å². The number of aromatic nitrogens is 1. The Labute approximate surface area is 184 Å². The molecule has 1 atom stereocenters. The average molecular weight is 462 g/mol. The number of carbonyl (C=O) groups is 1. The summed E-state index contributed by atoms with van der Waals surface area (Å²) < 4.78 is 43.3. The Bertz CT molecular complexity index is 1320. The molecule has 1 aromatic heterocycles. The number of amides is 1. The molecule has 0 radical (unpaired) electrons. The zero-order valence-electron chi connectivity index (χ0n) is 17.6. The second-order valence-corrected chi connectivity index (χ2v) is 10.9. The van der Waals surface area contributed by atoms with Crippen LogP contribution >= 0.6 is 11.3 Å². The molecule has 1 aliphatic rings. The summed E-state index contributed by atoms with van der Waals surface area (Å²) in [6.45, 7) is 4.51. The minimum Gasteiger partial charge on any atom is -0.319 e. The molecule has 1 unspecified atom stereocenters. The maximum Gasteiger partial charge on any atom is 0.252 e. The molecule has 31 heavy (non-hydrogen) atoms. The second kappa shape index (κ2) is 8.29. The number of aryl methyl sites for hydroxylation is 3. The third-order valence-corrected chi connectivity index (χ3v) is 8.79. The van der Waals surface area contributed by atoms with Crippen molar-refractivity contribution in [2.75, 3.05) is 13.1 Å². The van der Waals surface area contributed by atoms with Crippen molar-refractivity contribution in [2.45, 2.75) is 31.6 Å². The Morgan fingerprint density at radius 3 is 2.55 bits per heavy atom. The van der Waals surface area contributed by atoms with Crippen molar-refractivity contribution in [3.63, 3.8) is 0 Å². The number of nitrogens with zero attached hydrogens (tertiary/aromatic N) is 3. The van der Waals surface area contributed by atoms with Gasteiger partial charge >= 0.3 is 0 Å². The fourth-order valence-corrected chi connectivity index (χ4v) is 6.42. The Morgan fingerprint density at radius 2 is 1.84 bits per heavy atom. The highest BCUT2D eigenvalue weighted by molar-refractivity contribution is 7.89. The number of sulfonamides is 1. The van der Waals surface area contributed by atoms with Crippen molar-refractivity contribution in [2.24, 2.45) is 18.0 Å². The van der Waals surface area contributed by atoms with Gasteiger partial charge in [-0.2, -0.15) is 9.30 Å². The van der Waals surface area contributed by atoms with Crippen LogP contribution in [-0.4, -0.2) is 36.3 Å². The molecule has 6 nitrogen and oxygen atoms in total. The van der Waals surface area contributed by atoms with Gasteiger partial charge in [-0.1, -0.05) is 11.3 Å². The molecule has 1 aliphatic heterocycles. The van der Waals surface area contributed by atoms with E-state index in [4.69, 9.17) is 0 Å². The van der Waals surface area contributed by atoms with Gasteiger partial charge in [-0.15, -0.1) is 0 Å². The van der Waals surface area contributed by atoms with Gasteiger partial charge in [0.25, 0.3) is 5.91 Å². The van der Waals surface area contributed by atoms with E-state index in [1.165, 1.54) is 38.9 Å². The van der Waals surface area contributed by atoms with E-state index in [2.05, 4.69) is 24.0 Å². The summed E-state index contributed by atoms with van der Waals surface area (Å²) in [6, 6.07) is 8.93. The predicted molar refractivity (Wildman–Crippen MR) is 119 cm³/mol. The monoisotopic (exact) mass is 461 g/mol. The van der Waals surface area contributed by atoms with E-state index in [0.29, 0.717) is 24.2 Å². The molecule has 2 heterocycles. The molecule has 3 aromatic rings. The summed E-state index contributed by atoms with van der Waals surface area (Å²) in [5.41, 5.74) is 3.37. The van der Waals surface area contributed by atoms with Crippen LogP contribution in [0.25, 0.3) is 10.2 Å². The van der Waals surface area contributed by atoms with Crippen LogP contribution in [0.3, 0.4) is 0 Å². The number of piperidine rings is 1. The number of hydrogen-bond acceptors (Lipinski definition) is 4. The number of halogens is 1. The van der Waals surface area contributed by atoms with Crippen molar-refractivity contribution >= 4 is 37.5 Å². The van der Waals surface area contributed by atoms with E-state index in [1.807, 2.05) is 18.5 Å². The van der Waals surface area contributed by atoms with Crippen LogP contribution in [0.2, 0.25) is 0 Å². The molecular formula is C22H24FN3O3S2. The maximum absolute atomic E-state index is 13.2. The van der Waals surface area contributed by atoms with E-state index >= 15 is 0 Å². The van der Waals surface area contributed by atoms with Crippen LogP contribution in [0, 0.1) is 25.6 Å². The molecule has 0 N–H and O–H groups in total. The summed E-state index contributed by atoms with van der Waals surface area (Å²) in [6.07, 6.45) is 1.16. The average Bonchev–Trinajstić information content (AvgIpc) is 3.03. The molecule has 9 heteroatoms. The van der Waals surface area contributed by atoms with Crippen LogP contribution < -0.4 is 4.80 Å². The highest BCUT2D eigenvalue weighted by Crippen LogP contribution is 2.25. The standard InChI is InChI=1S/C22H24FN3O3S2/c1-14-11-19-20(12-15(14)2)30-22(25(19)3)24-21(27)16-5-4-10-26(13-16)31(28,29)18-8-6-17(23)7-9-18/h6-9,11-12,16H,4-5,10,13H2,1-3H3. The molecule has 164 valence electrons. The Hall–Kier alpha value is -2.36. The van der Waals surface area contributed by atoms with Gasteiger partial charge in [0.2, 0.25) is 10.0 Å². The molecule has 0 saturated carbocycles. The summed E-state index contributed by atoms with van der Waals surface area (Å²) >= 11 is 1.45. The summed E-state index contributed by atoms with van der Waals surface area (Å²) in [5, 5.41) is 0. The molecule has 1 saturated heterocycles. The number of thiazole rings is 1. The number of benzene rings is 2. The van der Waals surface area contributed by atoms with Crippen LogP contribution in [-0.2, 0) is 21.9 Å². The van der Waals surface area contributed by atoms with Gasteiger partial charge in [-0.3, -0.25) is 4.79 Å². The lowest BCUT2D eigenvalue weighted by Crippen LogP contribution is -2.42. The lowest BCUT2D eigenvalue weighted by molar-refractivity contribution is -0.122. The largest absolute Gasteiger partial charge is 0.319 e. The predicted octanol–water partition coefficient (Wildman–Crippen LogP) is 3.52. The Morgan fingerprint density at radius 1 is 1.16 bits per heavy atom. The third kappa shape index (κ3) is 4.22. The lowest BCUT2D eigenvalue weighted by Gasteiger charge is -2.30. The number of hydrogen-bond donors (Lipinski definition) is 0. The van der Waals surface area contributed by atoms with Gasteiger partial charge in [0.05, 0.1) is 21.0 Å². The summed E-state index contributed by atoms with van der Waals surface area (Å²) in [5.74, 6) is -1.31. The first kappa shape index (κ1) is 21.9. The zero-order chi connectivity index (χ0) is 22.3. The molecule has 4 rings (SSSR count). The summed E-state index contributed by atoms with van der Waals surface area (Å²) in [4.78, 5) is 17.9.